The van der Waals surface area contributed by atoms with Gasteiger partial charge in [-0.1, -0.05) is 0 Å². The molecule has 0 bridgehead atoms. The Morgan fingerprint density at radius 3 is 2.32 bits per heavy atom. The fourth-order valence-corrected chi connectivity index (χ4v) is 2.62. The number of anilines is 2. The summed E-state index contributed by atoms with van der Waals surface area (Å²) in [5, 5.41) is 0. The van der Waals surface area contributed by atoms with Gasteiger partial charge in [0.15, 0.2) is 0 Å². The molecule has 7 nitrogen and oxygen atoms in total. The van der Waals surface area contributed by atoms with Gasteiger partial charge in [-0.15, -0.1) is 0 Å². The van der Waals surface area contributed by atoms with E-state index in [1.165, 1.54) is 0 Å². The number of nitrogens with two attached hydrogens (primary N) is 1. The van der Waals surface area contributed by atoms with Crippen LogP contribution < -0.4 is 10.6 Å². The molecule has 7 heteroatoms. The third kappa shape index (κ3) is 5.01. The lowest BCUT2D eigenvalue weighted by Gasteiger charge is -2.36. The van der Waals surface area contributed by atoms with E-state index in [4.69, 9.17) is 15.2 Å². The average molecular weight is 349 g/mol. The summed E-state index contributed by atoms with van der Waals surface area (Å²) in [6.07, 6.45) is -0.288. The largest absolute Gasteiger partial charge is 0.462 e. The standard InChI is InChI=1S/C18H27N3O4/c1-5-24-16(22)14-7-6-13(12-15(14)19)20-8-10-21(11-9-20)17(23)25-18(2,3)4/h6-7,12H,5,8-11,19H2,1-4H3. The molecule has 0 aromatic heterocycles. The van der Waals surface area contributed by atoms with Crippen molar-refractivity contribution in [3.63, 3.8) is 0 Å². The Hall–Kier alpha value is -2.44. The molecule has 1 amide bonds. The zero-order valence-electron chi connectivity index (χ0n) is 15.4. The lowest BCUT2D eigenvalue weighted by Crippen LogP contribution is -2.50. The van der Waals surface area contributed by atoms with Crippen LogP contribution in [0.1, 0.15) is 38.1 Å². The molecule has 2 rings (SSSR count). The van der Waals surface area contributed by atoms with Crippen LogP contribution in [0.25, 0.3) is 0 Å². The summed E-state index contributed by atoms with van der Waals surface area (Å²) in [7, 11) is 0. The van der Waals surface area contributed by atoms with E-state index in [1.807, 2.05) is 26.8 Å². The number of hydrogen-bond acceptors (Lipinski definition) is 6. The minimum Gasteiger partial charge on any atom is -0.462 e. The Morgan fingerprint density at radius 1 is 1.16 bits per heavy atom. The summed E-state index contributed by atoms with van der Waals surface area (Å²) in [4.78, 5) is 27.8. The summed E-state index contributed by atoms with van der Waals surface area (Å²) in [5.41, 5.74) is 7.19. The third-order valence-electron chi connectivity index (χ3n) is 3.83. The van der Waals surface area contributed by atoms with Crippen molar-refractivity contribution in [2.75, 3.05) is 43.4 Å². The summed E-state index contributed by atoms with van der Waals surface area (Å²) >= 11 is 0. The Balaban J connectivity index is 1.98. The first-order valence-corrected chi connectivity index (χ1v) is 8.51. The lowest BCUT2D eigenvalue weighted by molar-refractivity contribution is 0.0240. The van der Waals surface area contributed by atoms with Crippen molar-refractivity contribution in [1.82, 2.24) is 4.90 Å². The molecular formula is C18H27N3O4. The molecule has 1 fully saturated rings. The lowest BCUT2D eigenvalue weighted by atomic mass is 10.1. The topological polar surface area (TPSA) is 85.1 Å². The fourth-order valence-electron chi connectivity index (χ4n) is 2.62. The van der Waals surface area contributed by atoms with Crippen molar-refractivity contribution < 1.29 is 19.1 Å². The highest BCUT2D eigenvalue weighted by Gasteiger charge is 2.26. The first-order valence-electron chi connectivity index (χ1n) is 8.51. The minimum absolute atomic E-state index is 0.288. The molecule has 0 unspecified atom stereocenters. The molecule has 0 atom stereocenters. The highest BCUT2D eigenvalue weighted by atomic mass is 16.6. The van der Waals surface area contributed by atoms with Crippen molar-refractivity contribution in [1.29, 1.82) is 0 Å². The SMILES string of the molecule is CCOC(=O)c1ccc(N2CCN(C(=O)OC(C)(C)C)CC2)cc1N. The number of amides is 1. The Labute approximate surface area is 148 Å². The van der Waals surface area contributed by atoms with E-state index >= 15 is 0 Å². The van der Waals surface area contributed by atoms with Crippen molar-refractivity contribution in [2.45, 2.75) is 33.3 Å². The molecule has 138 valence electrons. The zero-order chi connectivity index (χ0) is 18.6. The number of carbonyl (C=O) groups is 2. The number of rotatable bonds is 3. The Morgan fingerprint density at radius 2 is 1.80 bits per heavy atom. The maximum Gasteiger partial charge on any atom is 0.410 e. The van der Waals surface area contributed by atoms with Crippen LogP contribution in [0, 0.1) is 0 Å². The second kappa shape index (κ2) is 7.63. The summed E-state index contributed by atoms with van der Waals surface area (Å²) < 4.78 is 10.4. The van der Waals surface area contributed by atoms with Gasteiger partial charge in [-0.3, -0.25) is 0 Å². The first kappa shape index (κ1) is 18.9. The van der Waals surface area contributed by atoms with Crippen molar-refractivity contribution in [3.05, 3.63) is 23.8 Å². The normalized spacial score (nSPS) is 15.0. The van der Waals surface area contributed by atoms with E-state index in [2.05, 4.69) is 4.90 Å². The molecule has 1 aliphatic heterocycles. The Kier molecular flexibility index (Phi) is 5.77. The molecule has 0 aliphatic carbocycles. The third-order valence-corrected chi connectivity index (χ3v) is 3.83. The predicted molar refractivity (Wildman–Crippen MR) is 96.8 cm³/mol. The van der Waals surface area contributed by atoms with Crippen LogP contribution in [-0.2, 0) is 9.47 Å². The van der Waals surface area contributed by atoms with Gasteiger partial charge in [-0.25, -0.2) is 9.59 Å². The maximum absolute atomic E-state index is 12.1. The average Bonchev–Trinajstić information content (AvgIpc) is 2.53. The van der Waals surface area contributed by atoms with Crippen LogP contribution in [-0.4, -0.2) is 55.3 Å². The Bertz CT molecular complexity index is 632. The molecule has 2 N–H and O–H groups in total. The summed E-state index contributed by atoms with van der Waals surface area (Å²) in [6.45, 7) is 10.1. The molecular weight excluding hydrogens is 322 g/mol. The molecule has 0 radical (unpaired) electrons. The minimum atomic E-state index is -0.494. The molecule has 1 heterocycles. The highest BCUT2D eigenvalue weighted by Crippen LogP contribution is 2.24. The number of piperazine rings is 1. The first-order chi connectivity index (χ1) is 11.7. The van der Waals surface area contributed by atoms with Crippen LogP contribution in [0.4, 0.5) is 16.2 Å². The maximum atomic E-state index is 12.1. The number of esters is 1. The molecule has 0 saturated carbocycles. The van der Waals surface area contributed by atoms with Crippen molar-refractivity contribution in [3.8, 4) is 0 Å². The van der Waals surface area contributed by atoms with Gasteiger partial charge in [0.05, 0.1) is 12.2 Å². The van der Waals surface area contributed by atoms with Gasteiger partial charge >= 0.3 is 12.1 Å². The van der Waals surface area contributed by atoms with Gasteiger partial charge in [0, 0.05) is 37.6 Å². The number of ether oxygens (including phenoxy) is 2. The molecule has 1 aliphatic rings. The summed E-state index contributed by atoms with van der Waals surface area (Å²) in [6, 6.07) is 5.31. The zero-order valence-corrected chi connectivity index (χ0v) is 15.4. The number of carbonyl (C=O) groups excluding carboxylic acids is 2. The molecule has 1 saturated heterocycles. The van der Waals surface area contributed by atoms with Crippen molar-refractivity contribution in [2.24, 2.45) is 0 Å². The van der Waals surface area contributed by atoms with Crippen LogP contribution in [0.15, 0.2) is 18.2 Å². The molecule has 0 spiro atoms. The fraction of sp³-hybridized carbons (Fsp3) is 0.556. The van der Waals surface area contributed by atoms with Gasteiger partial charge in [-0.05, 0) is 45.9 Å². The summed E-state index contributed by atoms with van der Waals surface area (Å²) in [5.74, 6) is -0.415. The van der Waals surface area contributed by atoms with E-state index in [0.29, 0.717) is 44.0 Å². The van der Waals surface area contributed by atoms with E-state index in [-0.39, 0.29) is 6.09 Å². The number of hydrogen-bond donors (Lipinski definition) is 1. The second-order valence-corrected chi connectivity index (χ2v) is 6.95. The molecule has 25 heavy (non-hydrogen) atoms. The van der Waals surface area contributed by atoms with Crippen LogP contribution >= 0.6 is 0 Å². The van der Waals surface area contributed by atoms with Crippen LogP contribution in [0.2, 0.25) is 0 Å². The van der Waals surface area contributed by atoms with Crippen LogP contribution in [0.3, 0.4) is 0 Å². The van der Waals surface area contributed by atoms with Crippen molar-refractivity contribution >= 4 is 23.4 Å². The van der Waals surface area contributed by atoms with Gasteiger partial charge in [0.1, 0.15) is 5.60 Å². The second-order valence-electron chi connectivity index (χ2n) is 6.95. The number of nitrogens with zero attached hydrogens (tertiary/aromatic N) is 2. The van der Waals surface area contributed by atoms with E-state index < -0.39 is 11.6 Å². The number of nitrogen functional groups attached to an aromatic ring is 1. The smallest absolute Gasteiger partial charge is 0.410 e. The highest BCUT2D eigenvalue weighted by molar-refractivity contribution is 5.95. The monoisotopic (exact) mass is 349 g/mol. The van der Waals surface area contributed by atoms with E-state index in [0.717, 1.165) is 5.69 Å². The van der Waals surface area contributed by atoms with E-state index in [9.17, 15) is 9.59 Å². The quantitative estimate of drug-likeness (QED) is 0.667. The number of benzene rings is 1. The van der Waals surface area contributed by atoms with Gasteiger partial charge < -0.3 is 25.0 Å². The van der Waals surface area contributed by atoms with E-state index in [1.54, 1.807) is 24.0 Å². The van der Waals surface area contributed by atoms with Gasteiger partial charge in [-0.2, -0.15) is 0 Å². The van der Waals surface area contributed by atoms with Gasteiger partial charge in [0.2, 0.25) is 0 Å². The molecule has 1 aromatic rings. The van der Waals surface area contributed by atoms with Crippen LogP contribution in [0.5, 0.6) is 0 Å². The van der Waals surface area contributed by atoms with Gasteiger partial charge in [0.25, 0.3) is 0 Å². The predicted octanol–water partition coefficient (Wildman–Crippen LogP) is 2.50. The molecule has 1 aromatic carbocycles.